The van der Waals surface area contributed by atoms with E-state index in [4.69, 9.17) is 10.00 Å². The highest BCUT2D eigenvalue weighted by molar-refractivity contribution is 6.08. The summed E-state index contributed by atoms with van der Waals surface area (Å²) in [6.07, 6.45) is 3.68. The second kappa shape index (κ2) is 11.2. The first-order chi connectivity index (χ1) is 18.5. The van der Waals surface area contributed by atoms with Crippen LogP contribution < -0.4 is 31.1 Å². The van der Waals surface area contributed by atoms with E-state index in [1.807, 2.05) is 31.2 Å². The highest BCUT2D eigenvalue weighted by Crippen LogP contribution is 2.34. The summed E-state index contributed by atoms with van der Waals surface area (Å²) in [5.74, 6) is 0.0192. The fourth-order valence-electron chi connectivity index (χ4n) is 4.69. The maximum Gasteiger partial charge on any atom is 0.263 e. The van der Waals surface area contributed by atoms with E-state index in [1.165, 1.54) is 6.20 Å². The number of nitriles is 1. The number of carbonyl (C=O) groups excluding carboxylic acids is 1. The van der Waals surface area contributed by atoms with Gasteiger partial charge in [0.05, 0.1) is 23.6 Å². The number of H-pyrrole nitrogens is 1. The first-order valence-electron chi connectivity index (χ1n) is 12.6. The highest BCUT2D eigenvalue weighted by Gasteiger charge is 2.21. The number of benzene rings is 1. The summed E-state index contributed by atoms with van der Waals surface area (Å²) in [4.78, 5) is 37.4. The number of piperazine rings is 1. The molecule has 3 aromatic rings. The molecule has 1 amide bonds. The number of anilines is 5. The zero-order chi connectivity index (χ0) is 26.5. The first kappa shape index (κ1) is 25.1. The van der Waals surface area contributed by atoms with E-state index in [1.54, 1.807) is 12.3 Å². The molecule has 0 radical (unpaired) electrons. The average molecular weight is 515 g/mol. The number of aromatic nitrogens is 2. The molecule has 0 saturated carbocycles. The number of amides is 1. The summed E-state index contributed by atoms with van der Waals surface area (Å²) < 4.78 is 5.59. The van der Waals surface area contributed by atoms with Gasteiger partial charge in [-0.2, -0.15) is 5.26 Å². The van der Waals surface area contributed by atoms with Crippen LogP contribution in [0.2, 0.25) is 0 Å². The third-order valence-electron chi connectivity index (χ3n) is 6.81. The first-order valence-corrected chi connectivity index (χ1v) is 12.6. The zero-order valence-electron chi connectivity index (χ0n) is 21.2. The van der Waals surface area contributed by atoms with Crippen molar-refractivity contribution < 1.29 is 9.53 Å². The summed E-state index contributed by atoms with van der Waals surface area (Å²) in [6.45, 7) is 7.53. The number of hydrogen-bond acceptors (Lipinski definition) is 9. The molecule has 11 heteroatoms. The zero-order valence-corrected chi connectivity index (χ0v) is 21.2. The fraction of sp³-hybridized carbons (Fsp3) is 0.333. The largest absolute Gasteiger partial charge is 0.474 e. The van der Waals surface area contributed by atoms with Gasteiger partial charge in [0.15, 0.2) is 0 Å². The van der Waals surface area contributed by atoms with Crippen molar-refractivity contribution in [1.29, 1.82) is 5.26 Å². The Hall–Kier alpha value is -4.56. The molecule has 4 N–H and O–H groups in total. The van der Waals surface area contributed by atoms with Gasteiger partial charge in [-0.15, -0.1) is 0 Å². The van der Waals surface area contributed by atoms with Gasteiger partial charge >= 0.3 is 0 Å². The molecule has 1 fully saturated rings. The molecule has 1 aromatic carbocycles. The average Bonchev–Trinajstić information content (AvgIpc) is 2.94. The summed E-state index contributed by atoms with van der Waals surface area (Å²) >= 11 is 0. The Balaban J connectivity index is 1.28. The van der Waals surface area contributed by atoms with Crippen LogP contribution in [0.5, 0.6) is 5.88 Å². The minimum atomic E-state index is -0.516. The number of fused-ring (bicyclic) bond motifs is 1. The molecule has 0 aliphatic carbocycles. The van der Waals surface area contributed by atoms with Gasteiger partial charge in [0.25, 0.3) is 11.5 Å². The Kier molecular flexibility index (Phi) is 7.42. The van der Waals surface area contributed by atoms with Crippen molar-refractivity contribution >= 4 is 34.3 Å². The van der Waals surface area contributed by atoms with E-state index in [0.717, 1.165) is 49.7 Å². The van der Waals surface area contributed by atoms with Crippen LogP contribution >= 0.6 is 0 Å². The summed E-state index contributed by atoms with van der Waals surface area (Å²) in [5.41, 5.74) is 3.85. The highest BCUT2D eigenvalue weighted by atomic mass is 16.5. The molecule has 0 spiro atoms. The van der Waals surface area contributed by atoms with Crippen LogP contribution in [-0.2, 0) is 0 Å². The van der Waals surface area contributed by atoms with Gasteiger partial charge in [0.2, 0.25) is 5.88 Å². The van der Waals surface area contributed by atoms with Crippen molar-refractivity contribution in [1.82, 2.24) is 14.9 Å². The molecular formula is C27H30N8O3. The van der Waals surface area contributed by atoms with E-state index in [-0.39, 0.29) is 5.56 Å². The van der Waals surface area contributed by atoms with Crippen molar-refractivity contribution in [3.63, 3.8) is 0 Å². The van der Waals surface area contributed by atoms with Crippen LogP contribution in [-0.4, -0.2) is 66.7 Å². The standard InChI is InChI=1S/C27H30N8O3/c1-18-22(17-31-27-24(18)29-10-16-38-27)33-21-7-9-30-25(36)23(21)26(37)32-19-3-5-20(6-4-19)35-14-12-34(13-15-35)11-2-8-28/h3-7,9,17,29H,2,10-16H2,1H3,(H,32,37)(H2,30,33,36). The summed E-state index contributed by atoms with van der Waals surface area (Å²) in [6, 6.07) is 11.5. The van der Waals surface area contributed by atoms with Crippen LogP contribution in [0, 0.1) is 18.3 Å². The van der Waals surface area contributed by atoms with Crippen molar-refractivity contribution in [2.75, 3.05) is 66.7 Å². The molecule has 11 nitrogen and oxygen atoms in total. The molecule has 5 rings (SSSR count). The lowest BCUT2D eigenvalue weighted by Crippen LogP contribution is -2.46. The molecule has 0 bridgehead atoms. The maximum absolute atomic E-state index is 13.2. The van der Waals surface area contributed by atoms with Crippen molar-refractivity contribution in [3.05, 3.63) is 64.2 Å². The van der Waals surface area contributed by atoms with E-state index in [9.17, 15) is 9.59 Å². The molecule has 0 unspecified atom stereocenters. The minimum Gasteiger partial charge on any atom is -0.474 e. The summed E-state index contributed by atoms with van der Waals surface area (Å²) in [7, 11) is 0. The molecule has 2 aromatic heterocycles. The van der Waals surface area contributed by atoms with Gasteiger partial charge in [-0.1, -0.05) is 0 Å². The number of nitrogens with one attached hydrogen (secondary N) is 4. The second-order valence-electron chi connectivity index (χ2n) is 9.21. The van der Waals surface area contributed by atoms with E-state index < -0.39 is 11.5 Å². The molecule has 0 atom stereocenters. The summed E-state index contributed by atoms with van der Waals surface area (Å²) in [5, 5.41) is 18.1. The molecule has 1 saturated heterocycles. The number of ether oxygens (including phenoxy) is 1. The van der Waals surface area contributed by atoms with Crippen molar-refractivity contribution in [2.45, 2.75) is 13.3 Å². The van der Waals surface area contributed by atoms with E-state index in [0.29, 0.717) is 42.5 Å². The van der Waals surface area contributed by atoms with Gasteiger partial charge in [0, 0.05) is 68.8 Å². The van der Waals surface area contributed by atoms with Crippen LogP contribution in [0.25, 0.3) is 0 Å². The number of rotatable bonds is 7. The van der Waals surface area contributed by atoms with E-state index >= 15 is 0 Å². The van der Waals surface area contributed by atoms with Crippen molar-refractivity contribution in [3.8, 4) is 11.9 Å². The van der Waals surface area contributed by atoms with Crippen LogP contribution in [0.1, 0.15) is 22.3 Å². The second-order valence-corrected chi connectivity index (χ2v) is 9.21. The van der Waals surface area contributed by atoms with Crippen LogP contribution in [0.4, 0.5) is 28.4 Å². The minimum absolute atomic E-state index is 0.0219. The quantitative estimate of drug-likeness (QED) is 0.375. The fourth-order valence-corrected chi connectivity index (χ4v) is 4.69. The number of aromatic amines is 1. The topological polar surface area (TPSA) is 138 Å². The lowest BCUT2D eigenvalue weighted by molar-refractivity contribution is 0.102. The van der Waals surface area contributed by atoms with Gasteiger partial charge in [-0.05, 0) is 37.3 Å². The third kappa shape index (κ3) is 5.40. The number of pyridine rings is 2. The van der Waals surface area contributed by atoms with E-state index in [2.05, 4.69) is 41.8 Å². The molecule has 38 heavy (non-hydrogen) atoms. The number of nitrogens with zero attached hydrogens (tertiary/aromatic N) is 4. The van der Waals surface area contributed by atoms with Gasteiger partial charge < -0.3 is 30.6 Å². The van der Waals surface area contributed by atoms with Gasteiger partial charge in [-0.25, -0.2) is 4.98 Å². The normalized spacial score (nSPS) is 15.0. The van der Waals surface area contributed by atoms with Crippen LogP contribution in [0.3, 0.4) is 0 Å². The van der Waals surface area contributed by atoms with Crippen molar-refractivity contribution in [2.24, 2.45) is 0 Å². The van der Waals surface area contributed by atoms with Gasteiger partial charge in [-0.3, -0.25) is 14.5 Å². The lowest BCUT2D eigenvalue weighted by Gasteiger charge is -2.35. The smallest absolute Gasteiger partial charge is 0.263 e. The molecular weight excluding hydrogens is 484 g/mol. The Bertz CT molecular complexity index is 1410. The Morgan fingerprint density at radius 1 is 1.16 bits per heavy atom. The molecule has 4 heterocycles. The monoisotopic (exact) mass is 514 g/mol. The third-order valence-corrected chi connectivity index (χ3v) is 6.81. The Morgan fingerprint density at radius 3 is 2.71 bits per heavy atom. The van der Waals surface area contributed by atoms with Crippen LogP contribution in [0.15, 0.2) is 47.5 Å². The number of carbonyl (C=O) groups is 1. The molecule has 2 aliphatic heterocycles. The lowest BCUT2D eigenvalue weighted by atomic mass is 10.1. The SMILES string of the molecule is Cc1c(Nc2cc[nH]c(=O)c2C(=O)Nc2ccc(N3CCN(CCC#N)CC3)cc2)cnc2c1NCCO2. The molecule has 2 aliphatic rings. The number of hydrogen-bond donors (Lipinski definition) is 4. The molecule has 196 valence electrons. The predicted octanol–water partition coefficient (Wildman–Crippen LogP) is 2.91. The Labute approximate surface area is 220 Å². The Morgan fingerprint density at radius 2 is 1.95 bits per heavy atom. The maximum atomic E-state index is 13.2. The predicted molar refractivity (Wildman–Crippen MR) is 147 cm³/mol. The van der Waals surface area contributed by atoms with Gasteiger partial charge in [0.1, 0.15) is 17.9 Å².